The molecule has 2 heterocycles. The van der Waals surface area contributed by atoms with Gasteiger partial charge in [0.25, 0.3) is 0 Å². The first kappa shape index (κ1) is 17.7. The zero-order chi connectivity index (χ0) is 19.1. The first-order valence-corrected chi connectivity index (χ1v) is 9.39. The number of carbonyl (C=O) groups is 2. The molecule has 1 N–H and O–H groups in total. The number of rotatable bonds is 3. The summed E-state index contributed by atoms with van der Waals surface area (Å²) in [6.45, 7) is 4.98. The molecule has 4 nitrogen and oxygen atoms in total. The van der Waals surface area contributed by atoms with E-state index in [1.165, 1.54) is 35.4 Å². The van der Waals surface area contributed by atoms with Crippen molar-refractivity contribution in [1.82, 2.24) is 4.90 Å². The molecule has 27 heavy (non-hydrogen) atoms. The lowest BCUT2D eigenvalue weighted by atomic mass is 9.87. The van der Waals surface area contributed by atoms with Crippen LogP contribution in [0, 0.1) is 18.7 Å². The summed E-state index contributed by atoms with van der Waals surface area (Å²) in [4.78, 5) is 27.4. The highest BCUT2D eigenvalue weighted by Crippen LogP contribution is 2.40. The first-order valence-electron chi connectivity index (χ1n) is 9.39. The van der Waals surface area contributed by atoms with Crippen molar-refractivity contribution in [2.45, 2.75) is 32.2 Å². The molecule has 0 aromatic heterocycles. The van der Waals surface area contributed by atoms with Crippen LogP contribution in [0.15, 0.2) is 42.5 Å². The Labute approximate surface area is 158 Å². The summed E-state index contributed by atoms with van der Waals surface area (Å²) in [6.07, 6.45) is 0.863. The Hall–Kier alpha value is -2.69. The Bertz CT molecular complexity index is 894. The highest BCUT2D eigenvalue weighted by atomic mass is 19.1. The Kier molecular flexibility index (Phi) is 4.46. The topological polar surface area (TPSA) is 49.4 Å². The van der Waals surface area contributed by atoms with Crippen molar-refractivity contribution in [2.75, 3.05) is 18.4 Å². The van der Waals surface area contributed by atoms with E-state index < -0.39 is 11.7 Å². The minimum atomic E-state index is -0.765. The number of anilines is 1. The SMILES string of the molecule is Cc1ccc2c(c1)C1CN(C(=O)C(C)C(=O)c3ccc(F)cc3)CCC1N2. The van der Waals surface area contributed by atoms with Gasteiger partial charge in [0.1, 0.15) is 5.82 Å². The van der Waals surface area contributed by atoms with Gasteiger partial charge in [-0.1, -0.05) is 17.7 Å². The highest BCUT2D eigenvalue weighted by Gasteiger charge is 2.39. The lowest BCUT2D eigenvalue weighted by Gasteiger charge is -2.36. The Morgan fingerprint density at radius 1 is 1.19 bits per heavy atom. The van der Waals surface area contributed by atoms with Crippen LogP contribution in [-0.4, -0.2) is 35.7 Å². The molecule has 1 fully saturated rings. The van der Waals surface area contributed by atoms with Crippen LogP contribution in [0.25, 0.3) is 0 Å². The molecule has 0 aliphatic carbocycles. The lowest BCUT2D eigenvalue weighted by Crippen LogP contribution is -2.47. The smallest absolute Gasteiger partial charge is 0.233 e. The second-order valence-electron chi connectivity index (χ2n) is 7.61. The van der Waals surface area contributed by atoms with Crippen molar-refractivity contribution in [1.29, 1.82) is 0 Å². The van der Waals surface area contributed by atoms with Gasteiger partial charge in [0.2, 0.25) is 5.91 Å². The second-order valence-corrected chi connectivity index (χ2v) is 7.61. The maximum Gasteiger partial charge on any atom is 0.233 e. The standard InChI is InChI=1S/C22H23FN2O2/c1-13-3-8-19-17(11-13)18-12-25(10-9-20(18)24-19)22(27)14(2)21(26)15-4-6-16(23)7-5-15/h3-8,11,14,18,20,24H,9-10,12H2,1-2H3. The number of nitrogens with one attached hydrogen (secondary N) is 1. The van der Waals surface area contributed by atoms with Crippen LogP contribution in [-0.2, 0) is 4.79 Å². The molecule has 0 spiro atoms. The van der Waals surface area contributed by atoms with Gasteiger partial charge >= 0.3 is 0 Å². The summed E-state index contributed by atoms with van der Waals surface area (Å²) in [5, 5.41) is 3.57. The number of fused-ring (bicyclic) bond motifs is 3. The lowest BCUT2D eigenvalue weighted by molar-refractivity contribution is -0.134. The van der Waals surface area contributed by atoms with Gasteiger partial charge in [0, 0.05) is 36.3 Å². The average Bonchev–Trinajstić information content (AvgIpc) is 3.04. The number of hydrogen-bond acceptors (Lipinski definition) is 3. The van der Waals surface area contributed by atoms with Crippen LogP contribution in [0.3, 0.4) is 0 Å². The average molecular weight is 366 g/mol. The minimum Gasteiger partial charge on any atom is -0.381 e. The summed E-state index contributed by atoms with van der Waals surface area (Å²) in [6, 6.07) is 12.1. The second kappa shape index (κ2) is 6.80. The fourth-order valence-corrected chi connectivity index (χ4v) is 4.21. The molecule has 140 valence electrons. The van der Waals surface area contributed by atoms with E-state index >= 15 is 0 Å². The third-order valence-corrected chi connectivity index (χ3v) is 5.76. The van der Waals surface area contributed by atoms with Crippen LogP contribution in [0.4, 0.5) is 10.1 Å². The van der Waals surface area contributed by atoms with Gasteiger partial charge in [-0.15, -0.1) is 0 Å². The first-order chi connectivity index (χ1) is 12.9. The Morgan fingerprint density at radius 2 is 1.93 bits per heavy atom. The molecule has 0 saturated carbocycles. The third-order valence-electron chi connectivity index (χ3n) is 5.76. The van der Waals surface area contributed by atoms with E-state index in [9.17, 15) is 14.0 Å². The summed E-state index contributed by atoms with van der Waals surface area (Å²) in [7, 11) is 0. The van der Waals surface area contributed by atoms with Gasteiger partial charge in [-0.3, -0.25) is 9.59 Å². The van der Waals surface area contributed by atoms with Crippen molar-refractivity contribution in [3.05, 3.63) is 65.0 Å². The van der Waals surface area contributed by atoms with Crippen molar-refractivity contribution in [2.24, 2.45) is 5.92 Å². The molecule has 1 amide bonds. The minimum absolute atomic E-state index is 0.149. The number of nitrogens with zero attached hydrogens (tertiary/aromatic N) is 1. The molecule has 5 heteroatoms. The van der Waals surface area contributed by atoms with Crippen molar-refractivity contribution in [3.63, 3.8) is 0 Å². The van der Waals surface area contributed by atoms with E-state index in [0.29, 0.717) is 24.7 Å². The van der Waals surface area contributed by atoms with Crippen molar-refractivity contribution >= 4 is 17.4 Å². The fourth-order valence-electron chi connectivity index (χ4n) is 4.21. The molecule has 2 aliphatic rings. The third kappa shape index (κ3) is 3.22. The maximum atomic E-state index is 13.1. The van der Waals surface area contributed by atoms with E-state index in [1.807, 2.05) is 4.90 Å². The Morgan fingerprint density at radius 3 is 2.67 bits per heavy atom. The normalized spacial score (nSPS) is 21.8. The van der Waals surface area contributed by atoms with E-state index in [2.05, 4.69) is 30.4 Å². The van der Waals surface area contributed by atoms with Crippen LogP contribution >= 0.6 is 0 Å². The molecule has 0 radical (unpaired) electrons. The van der Waals surface area contributed by atoms with Crippen LogP contribution in [0.5, 0.6) is 0 Å². The van der Waals surface area contributed by atoms with Gasteiger partial charge in [-0.2, -0.15) is 0 Å². The number of aryl methyl sites for hydroxylation is 1. The number of piperidine rings is 1. The number of likely N-dealkylation sites (tertiary alicyclic amines) is 1. The van der Waals surface area contributed by atoms with E-state index in [4.69, 9.17) is 0 Å². The number of Topliss-reactive ketones (excluding diaryl/α,β-unsaturated/α-hetero) is 1. The van der Waals surface area contributed by atoms with Gasteiger partial charge < -0.3 is 10.2 Å². The summed E-state index contributed by atoms with van der Waals surface area (Å²) < 4.78 is 13.1. The molecule has 2 aromatic rings. The predicted molar refractivity (Wildman–Crippen MR) is 102 cm³/mol. The van der Waals surface area contributed by atoms with E-state index in [0.717, 1.165) is 12.1 Å². The fraction of sp³-hybridized carbons (Fsp3) is 0.364. The number of benzene rings is 2. The monoisotopic (exact) mass is 366 g/mol. The van der Waals surface area contributed by atoms with Crippen LogP contribution in [0.2, 0.25) is 0 Å². The molecular weight excluding hydrogens is 343 g/mol. The van der Waals surface area contributed by atoms with Crippen LogP contribution < -0.4 is 5.32 Å². The zero-order valence-corrected chi connectivity index (χ0v) is 15.5. The molecule has 3 unspecified atom stereocenters. The zero-order valence-electron chi connectivity index (χ0n) is 15.5. The van der Waals surface area contributed by atoms with Gasteiger partial charge in [0.05, 0.1) is 5.92 Å². The number of carbonyl (C=O) groups excluding carboxylic acids is 2. The summed E-state index contributed by atoms with van der Waals surface area (Å²) in [5.74, 6) is -1.31. The molecule has 2 aliphatic heterocycles. The van der Waals surface area contributed by atoms with Gasteiger partial charge in [-0.25, -0.2) is 4.39 Å². The highest BCUT2D eigenvalue weighted by molar-refractivity contribution is 6.09. The Balaban J connectivity index is 1.50. The molecule has 2 aromatic carbocycles. The maximum absolute atomic E-state index is 13.1. The number of amides is 1. The molecule has 3 atom stereocenters. The van der Waals surface area contributed by atoms with Gasteiger partial charge in [-0.05, 0) is 56.2 Å². The largest absolute Gasteiger partial charge is 0.381 e. The van der Waals surface area contributed by atoms with Gasteiger partial charge in [0.15, 0.2) is 5.78 Å². The van der Waals surface area contributed by atoms with Crippen molar-refractivity contribution < 1.29 is 14.0 Å². The number of hydrogen-bond donors (Lipinski definition) is 1. The van der Waals surface area contributed by atoms with E-state index in [1.54, 1.807) is 6.92 Å². The molecule has 4 rings (SSSR count). The predicted octanol–water partition coefficient (Wildman–Crippen LogP) is 3.76. The summed E-state index contributed by atoms with van der Waals surface area (Å²) >= 11 is 0. The quantitative estimate of drug-likeness (QED) is 0.665. The molecular formula is C22H23FN2O2. The molecule has 0 bridgehead atoms. The number of halogens is 1. The summed E-state index contributed by atoms with van der Waals surface area (Å²) in [5.41, 5.74) is 3.99. The van der Waals surface area contributed by atoms with E-state index in [-0.39, 0.29) is 17.6 Å². The van der Waals surface area contributed by atoms with Crippen molar-refractivity contribution in [3.8, 4) is 0 Å². The molecule has 1 saturated heterocycles. The number of ketones is 1. The van der Waals surface area contributed by atoms with Crippen LogP contribution in [0.1, 0.15) is 40.7 Å².